The van der Waals surface area contributed by atoms with Gasteiger partial charge in [0, 0.05) is 18.0 Å². The molecule has 22 heavy (non-hydrogen) atoms. The number of carbonyl (C=O) groups excluding carboxylic acids is 1. The van der Waals surface area contributed by atoms with Gasteiger partial charge in [-0.1, -0.05) is 23.5 Å². The van der Waals surface area contributed by atoms with Crippen LogP contribution in [0, 0.1) is 13.8 Å². The van der Waals surface area contributed by atoms with E-state index < -0.39 is 0 Å². The van der Waals surface area contributed by atoms with Gasteiger partial charge in [0.2, 0.25) is 0 Å². The molecule has 1 aromatic carbocycles. The van der Waals surface area contributed by atoms with E-state index >= 15 is 0 Å². The van der Waals surface area contributed by atoms with Crippen molar-refractivity contribution in [3.05, 3.63) is 56.5 Å². The first-order valence-corrected chi connectivity index (χ1v) is 8.62. The molecule has 0 bridgehead atoms. The average molecular weight is 328 g/mol. The van der Waals surface area contributed by atoms with Gasteiger partial charge in [0.1, 0.15) is 0 Å². The summed E-state index contributed by atoms with van der Waals surface area (Å²) >= 11 is 3.14. The molecule has 3 nitrogen and oxygen atoms in total. The van der Waals surface area contributed by atoms with Gasteiger partial charge in [0.25, 0.3) is 5.91 Å². The average Bonchev–Trinajstić information content (AvgIpc) is 3.10. The number of rotatable bonds is 2. The van der Waals surface area contributed by atoms with Crippen molar-refractivity contribution in [3.8, 4) is 0 Å². The fourth-order valence-corrected chi connectivity index (χ4v) is 4.01. The van der Waals surface area contributed by atoms with Crippen molar-refractivity contribution in [2.45, 2.75) is 13.8 Å². The Bertz CT molecular complexity index is 928. The second-order valence-corrected chi connectivity index (χ2v) is 7.09. The van der Waals surface area contributed by atoms with Crippen LogP contribution < -0.4 is 4.80 Å². The minimum atomic E-state index is -0.232. The lowest BCUT2D eigenvalue weighted by Gasteiger charge is -2.03. The molecule has 0 N–H and O–H groups in total. The fourth-order valence-electron chi connectivity index (χ4n) is 2.31. The van der Waals surface area contributed by atoms with Crippen LogP contribution in [0.5, 0.6) is 0 Å². The molecule has 0 saturated carbocycles. The van der Waals surface area contributed by atoms with Crippen molar-refractivity contribution < 1.29 is 4.79 Å². The zero-order chi connectivity index (χ0) is 15.7. The summed E-state index contributed by atoms with van der Waals surface area (Å²) in [5.74, 6) is -0.232. The number of aromatic nitrogens is 1. The third-order valence-corrected chi connectivity index (χ3v) is 5.56. The van der Waals surface area contributed by atoms with E-state index in [0.717, 1.165) is 19.9 Å². The predicted molar refractivity (Wildman–Crippen MR) is 94.2 cm³/mol. The van der Waals surface area contributed by atoms with Gasteiger partial charge in [-0.25, -0.2) is 0 Å². The molecule has 2 heterocycles. The maximum Gasteiger partial charge on any atom is 0.272 e. The molecule has 3 rings (SSSR count). The molecule has 0 radical (unpaired) electrons. The van der Waals surface area contributed by atoms with Crippen molar-refractivity contribution in [3.63, 3.8) is 0 Å². The molecule has 5 heteroatoms. The van der Waals surface area contributed by atoms with Gasteiger partial charge >= 0.3 is 0 Å². The number of thiazole rings is 1. The van der Waals surface area contributed by atoms with Crippen molar-refractivity contribution in [2.24, 2.45) is 12.0 Å². The predicted octanol–water partition coefficient (Wildman–Crippen LogP) is 4.06. The molecule has 0 unspecified atom stereocenters. The van der Waals surface area contributed by atoms with Crippen LogP contribution >= 0.6 is 22.7 Å². The molecule has 1 amide bonds. The highest BCUT2D eigenvalue weighted by atomic mass is 32.1. The Labute approximate surface area is 136 Å². The fraction of sp³-hybridized carbons (Fsp3) is 0.176. The van der Waals surface area contributed by atoms with Crippen LogP contribution in [0.3, 0.4) is 0 Å². The number of nitrogens with zero attached hydrogens (tertiary/aromatic N) is 2. The second kappa shape index (κ2) is 6.02. The summed E-state index contributed by atoms with van der Waals surface area (Å²) in [6.45, 7) is 4.20. The molecular weight excluding hydrogens is 312 g/mol. The Morgan fingerprint density at radius 3 is 2.82 bits per heavy atom. The third-order valence-electron chi connectivity index (χ3n) is 3.63. The van der Waals surface area contributed by atoms with Gasteiger partial charge in [0.15, 0.2) is 4.80 Å². The smallest absolute Gasteiger partial charge is 0.272 e. The van der Waals surface area contributed by atoms with E-state index in [-0.39, 0.29) is 5.91 Å². The van der Waals surface area contributed by atoms with E-state index in [1.807, 2.05) is 29.1 Å². The van der Waals surface area contributed by atoms with Crippen LogP contribution in [0.1, 0.15) is 16.0 Å². The number of hydrogen-bond donors (Lipinski definition) is 0. The Morgan fingerprint density at radius 1 is 1.27 bits per heavy atom. The third kappa shape index (κ3) is 2.82. The maximum absolute atomic E-state index is 12.0. The van der Waals surface area contributed by atoms with Crippen LogP contribution in [0.25, 0.3) is 16.3 Å². The molecule has 0 spiro atoms. The van der Waals surface area contributed by atoms with Gasteiger partial charge < -0.3 is 4.57 Å². The van der Waals surface area contributed by atoms with Crippen molar-refractivity contribution in [1.29, 1.82) is 0 Å². The molecule has 2 aromatic heterocycles. The highest BCUT2D eigenvalue weighted by Gasteiger charge is 2.08. The van der Waals surface area contributed by atoms with Crippen LogP contribution in [0.2, 0.25) is 0 Å². The first-order valence-electron chi connectivity index (χ1n) is 6.92. The van der Waals surface area contributed by atoms with Crippen LogP contribution in [0.4, 0.5) is 0 Å². The van der Waals surface area contributed by atoms with Gasteiger partial charge in [-0.3, -0.25) is 4.79 Å². The lowest BCUT2D eigenvalue weighted by molar-refractivity contribution is -0.113. The quantitative estimate of drug-likeness (QED) is 0.653. The molecular formula is C17H16N2OS2. The first kappa shape index (κ1) is 14.9. The highest BCUT2D eigenvalue weighted by molar-refractivity contribution is 7.16. The minimum absolute atomic E-state index is 0.232. The van der Waals surface area contributed by atoms with E-state index in [9.17, 15) is 4.79 Å². The Hall–Kier alpha value is -1.98. The first-order chi connectivity index (χ1) is 10.6. The highest BCUT2D eigenvalue weighted by Crippen LogP contribution is 2.22. The second-order valence-electron chi connectivity index (χ2n) is 5.10. The van der Waals surface area contributed by atoms with E-state index in [0.29, 0.717) is 0 Å². The summed E-state index contributed by atoms with van der Waals surface area (Å²) in [7, 11) is 1.96. The zero-order valence-corrected chi connectivity index (χ0v) is 14.3. The number of amides is 1. The molecule has 0 aliphatic heterocycles. The monoisotopic (exact) mass is 328 g/mol. The summed E-state index contributed by atoms with van der Waals surface area (Å²) in [6.07, 6.45) is 3.33. The Balaban J connectivity index is 2.01. The van der Waals surface area contributed by atoms with Crippen molar-refractivity contribution in [1.82, 2.24) is 4.57 Å². The van der Waals surface area contributed by atoms with Gasteiger partial charge in [0.05, 0.1) is 10.2 Å². The van der Waals surface area contributed by atoms with Gasteiger partial charge in [-0.05, 0) is 48.6 Å². The summed E-state index contributed by atoms with van der Waals surface area (Å²) in [5, 5.41) is 1.98. The van der Waals surface area contributed by atoms with E-state index in [1.165, 1.54) is 17.2 Å². The summed E-state index contributed by atoms with van der Waals surface area (Å²) < 4.78 is 3.15. The van der Waals surface area contributed by atoms with Crippen molar-refractivity contribution >= 4 is 44.9 Å². The lowest BCUT2D eigenvalue weighted by atomic mass is 10.1. The SMILES string of the molecule is Cc1ccc2sc(=NC(=O)/C=C/c3cccs3)n(C)c2c1C. The number of thiophene rings is 1. The number of aryl methyl sites for hydroxylation is 3. The number of carbonyl (C=O) groups is 1. The molecule has 0 fully saturated rings. The van der Waals surface area contributed by atoms with E-state index in [4.69, 9.17) is 0 Å². The van der Waals surface area contributed by atoms with Crippen LogP contribution in [-0.2, 0) is 11.8 Å². The Kier molecular flexibility index (Phi) is 4.09. The number of benzene rings is 1. The molecule has 0 saturated heterocycles. The minimum Gasteiger partial charge on any atom is -0.319 e. The van der Waals surface area contributed by atoms with Gasteiger partial charge in [-0.2, -0.15) is 4.99 Å². The van der Waals surface area contributed by atoms with E-state index in [1.54, 1.807) is 28.7 Å². The maximum atomic E-state index is 12.0. The number of fused-ring (bicyclic) bond motifs is 1. The van der Waals surface area contributed by atoms with Gasteiger partial charge in [-0.15, -0.1) is 11.3 Å². The normalized spacial score (nSPS) is 12.6. The molecule has 112 valence electrons. The van der Waals surface area contributed by atoms with E-state index in [2.05, 4.69) is 31.0 Å². The lowest BCUT2D eigenvalue weighted by Crippen LogP contribution is -2.12. The van der Waals surface area contributed by atoms with Crippen LogP contribution in [-0.4, -0.2) is 10.5 Å². The zero-order valence-electron chi connectivity index (χ0n) is 12.7. The molecule has 0 aliphatic rings. The van der Waals surface area contributed by atoms with Crippen LogP contribution in [0.15, 0.2) is 40.7 Å². The standard InChI is InChI=1S/C17H16N2OS2/c1-11-6-8-14-16(12(11)2)19(3)17(22-14)18-15(20)9-7-13-5-4-10-21-13/h4-10H,1-3H3/b9-7+,18-17?. The molecule has 0 atom stereocenters. The summed E-state index contributed by atoms with van der Waals surface area (Å²) in [4.78, 5) is 18.0. The largest absolute Gasteiger partial charge is 0.319 e. The molecule has 0 aliphatic carbocycles. The van der Waals surface area contributed by atoms with Crippen molar-refractivity contribution in [2.75, 3.05) is 0 Å². The summed E-state index contributed by atoms with van der Waals surface area (Å²) in [5.41, 5.74) is 3.63. The summed E-state index contributed by atoms with van der Waals surface area (Å²) in [6, 6.07) is 8.13. The topological polar surface area (TPSA) is 34.4 Å². The number of hydrogen-bond acceptors (Lipinski definition) is 3. The Morgan fingerprint density at radius 2 is 2.09 bits per heavy atom. The molecule has 3 aromatic rings.